The number of nitrogens with one attached hydrogen (secondary N) is 2. The minimum Gasteiger partial charge on any atom is -0.493 e. The van der Waals surface area contributed by atoms with Gasteiger partial charge < -0.3 is 25.0 Å². The van der Waals surface area contributed by atoms with Gasteiger partial charge in [0.1, 0.15) is 0 Å². The second-order valence-electron chi connectivity index (χ2n) is 6.60. The third-order valence-corrected chi connectivity index (χ3v) is 4.68. The molecule has 0 saturated carbocycles. The van der Waals surface area contributed by atoms with Crippen molar-refractivity contribution < 1.29 is 9.47 Å². The fourth-order valence-corrected chi connectivity index (χ4v) is 3.29. The number of methoxy groups -OCH3 is 1. The summed E-state index contributed by atoms with van der Waals surface area (Å²) in [5.74, 6) is 2.39. The maximum atomic E-state index is 5.57. The summed E-state index contributed by atoms with van der Waals surface area (Å²) in [5.41, 5.74) is 1.13. The van der Waals surface area contributed by atoms with Crippen LogP contribution in [0.5, 0.6) is 11.5 Å². The van der Waals surface area contributed by atoms with Crippen LogP contribution in [0.2, 0.25) is 0 Å². The lowest BCUT2D eigenvalue weighted by Crippen LogP contribution is -2.48. The highest BCUT2D eigenvalue weighted by atomic mass is 16.5. The van der Waals surface area contributed by atoms with Crippen LogP contribution >= 0.6 is 0 Å². The van der Waals surface area contributed by atoms with Crippen molar-refractivity contribution in [1.29, 1.82) is 0 Å². The summed E-state index contributed by atoms with van der Waals surface area (Å²) in [4.78, 5) is 6.91. The molecule has 0 aromatic heterocycles. The van der Waals surface area contributed by atoms with E-state index in [-0.39, 0.29) is 0 Å². The molecular formula is C20H34N4O2. The molecule has 2 rings (SSSR count). The monoisotopic (exact) mass is 362 g/mol. The smallest absolute Gasteiger partial charge is 0.191 e. The molecule has 0 radical (unpaired) electrons. The number of nitrogens with zero attached hydrogens (tertiary/aromatic N) is 2. The number of aliphatic imine (C=N–C) groups is 1. The third-order valence-electron chi connectivity index (χ3n) is 4.68. The molecular weight excluding hydrogens is 328 g/mol. The van der Waals surface area contributed by atoms with Crippen molar-refractivity contribution >= 4 is 5.96 Å². The average molecular weight is 363 g/mol. The molecule has 26 heavy (non-hydrogen) atoms. The van der Waals surface area contributed by atoms with Gasteiger partial charge in [0.2, 0.25) is 0 Å². The highest BCUT2D eigenvalue weighted by Crippen LogP contribution is 2.27. The van der Waals surface area contributed by atoms with Gasteiger partial charge in [0.05, 0.1) is 13.7 Å². The average Bonchev–Trinajstić information content (AvgIpc) is 2.67. The van der Waals surface area contributed by atoms with Gasteiger partial charge in [-0.3, -0.25) is 4.99 Å². The van der Waals surface area contributed by atoms with E-state index in [1.807, 2.05) is 26.1 Å². The van der Waals surface area contributed by atoms with Gasteiger partial charge in [-0.05, 0) is 50.4 Å². The predicted octanol–water partition coefficient (Wildman–Crippen LogP) is 2.63. The molecule has 0 atom stereocenters. The normalized spacial score (nSPS) is 16.4. The van der Waals surface area contributed by atoms with E-state index in [9.17, 15) is 0 Å². The summed E-state index contributed by atoms with van der Waals surface area (Å²) in [5, 5.41) is 6.96. The zero-order valence-electron chi connectivity index (χ0n) is 16.7. The summed E-state index contributed by atoms with van der Waals surface area (Å²) < 4.78 is 11.0. The molecule has 0 bridgehead atoms. The van der Waals surface area contributed by atoms with Crippen LogP contribution in [0, 0.1) is 0 Å². The first kappa shape index (κ1) is 20.4. The lowest BCUT2D eigenvalue weighted by atomic mass is 10.1. The summed E-state index contributed by atoms with van der Waals surface area (Å²) >= 11 is 0. The lowest BCUT2D eigenvalue weighted by Gasteiger charge is -2.32. The van der Waals surface area contributed by atoms with E-state index < -0.39 is 0 Å². The Morgan fingerprint density at radius 1 is 1.23 bits per heavy atom. The summed E-state index contributed by atoms with van der Waals surface area (Å²) in [6, 6.07) is 6.51. The molecule has 6 heteroatoms. The van der Waals surface area contributed by atoms with Crippen LogP contribution in [0.25, 0.3) is 0 Å². The summed E-state index contributed by atoms with van der Waals surface area (Å²) in [6.45, 7) is 9.07. The Kier molecular flexibility index (Phi) is 8.54. The van der Waals surface area contributed by atoms with Crippen LogP contribution in [-0.2, 0) is 6.54 Å². The van der Waals surface area contributed by atoms with Crippen LogP contribution < -0.4 is 20.1 Å². The van der Waals surface area contributed by atoms with Crippen LogP contribution in [0.15, 0.2) is 23.2 Å². The van der Waals surface area contributed by atoms with Gasteiger partial charge >= 0.3 is 0 Å². The highest BCUT2D eigenvalue weighted by molar-refractivity contribution is 5.80. The van der Waals surface area contributed by atoms with Crippen molar-refractivity contribution in [3.05, 3.63) is 23.8 Å². The Bertz CT molecular complexity index is 569. The van der Waals surface area contributed by atoms with E-state index in [1.165, 1.54) is 26.1 Å². The summed E-state index contributed by atoms with van der Waals surface area (Å²) in [6.07, 6.45) is 3.56. The second-order valence-corrected chi connectivity index (χ2v) is 6.60. The zero-order chi connectivity index (χ0) is 18.8. The maximum Gasteiger partial charge on any atom is 0.191 e. The number of piperidine rings is 1. The van der Waals surface area contributed by atoms with Crippen molar-refractivity contribution in [3.8, 4) is 11.5 Å². The van der Waals surface area contributed by atoms with E-state index >= 15 is 0 Å². The molecule has 1 aromatic carbocycles. The first-order valence-corrected chi connectivity index (χ1v) is 9.69. The number of guanidine groups is 1. The molecule has 2 N–H and O–H groups in total. The summed E-state index contributed by atoms with van der Waals surface area (Å²) in [7, 11) is 3.49. The molecule has 0 amide bonds. The number of hydrogen-bond acceptors (Lipinski definition) is 4. The van der Waals surface area contributed by atoms with Crippen LogP contribution in [0.4, 0.5) is 0 Å². The quantitative estimate of drug-likeness (QED) is 0.550. The van der Waals surface area contributed by atoms with Crippen LogP contribution in [-0.4, -0.2) is 57.3 Å². The zero-order valence-corrected chi connectivity index (χ0v) is 16.7. The van der Waals surface area contributed by atoms with Gasteiger partial charge in [-0.2, -0.15) is 0 Å². The van der Waals surface area contributed by atoms with E-state index in [4.69, 9.17) is 9.47 Å². The Balaban J connectivity index is 1.83. The maximum absolute atomic E-state index is 5.57. The van der Waals surface area contributed by atoms with Crippen molar-refractivity contribution in [2.45, 2.75) is 45.7 Å². The van der Waals surface area contributed by atoms with E-state index in [0.29, 0.717) is 19.2 Å². The van der Waals surface area contributed by atoms with Crippen molar-refractivity contribution in [2.75, 3.05) is 40.4 Å². The van der Waals surface area contributed by atoms with Gasteiger partial charge in [0, 0.05) is 32.7 Å². The molecule has 1 aromatic rings. The van der Waals surface area contributed by atoms with E-state index in [2.05, 4.69) is 33.5 Å². The van der Waals surface area contributed by atoms with Gasteiger partial charge in [0.15, 0.2) is 17.5 Å². The van der Waals surface area contributed by atoms with Gasteiger partial charge in [-0.25, -0.2) is 0 Å². The predicted molar refractivity (Wildman–Crippen MR) is 107 cm³/mol. The molecule has 146 valence electrons. The largest absolute Gasteiger partial charge is 0.493 e. The number of benzene rings is 1. The number of likely N-dealkylation sites (tertiary alicyclic amines) is 1. The Morgan fingerprint density at radius 3 is 2.62 bits per heavy atom. The SMILES string of the molecule is CCCN1CCC(NC(=NC)NCc2ccc(OCC)c(OC)c2)CC1. The van der Waals surface area contributed by atoms with Crippen molar-refractivity contribution in [2.24, 2.45) is 4.99 Å². The minimum absolute atomic E-state index is 0.490. The lowest BCUT2D eigenvalue weighted by molar-refractivity contribution is 0.206. The minimum atomic E-state index is 0.490. The van der Waals surface area contributed by atoms with Gasteiger partial charge in [0.25, 0.3) is 0 Å². The van der Waals surface area contributed by atoms with E-state index in [1.54, 1.807) is 7.11 Å². The van der Waals surface area contributed by atoms with Crippen LogP contribution in [0.3, 0.4) is 0 Å². The Morgan fingerprint density at radius 2 is 2.00 bits per heavy atom. The molecule has 1 aliphatic rings. The molecule has 1 fully saturated rings. The van der Waals surface area contributed by atoms with Crippen molar-refractivity contribution in [3.63, 3.8) is 0 Å². The fraction of sp³-hybridized carbons (Fsp3) is 0.650. The number of ether oxygens (including phenoxy) is 2. The molecule has 1 heterocycles. The molecule has 0 aliphatic carbocycles. The standard InChI is InChI=1S/C20H34N4O2/c1-5-11-24-12-9-17(10-13-24)23-20(21-3)22-15-16-7-8-18(26-6-2)19(14-16)25-4/h7-8,14,17H,5-6,9-13,15H2,1-4H3,(H2,21,22,23). The number of rotatable bonds is 8. The van der Waals surface area contributed by atoms with E-state index in [0.717, 1.165) is 35.9 Å². The Labute approximate surface area is 158 Å². The molecule has 0 spiro atoms. The molecule has 0 unspecified atom stereocenters. The molecule has 1 saturated heterocycles. The fourth-order valence-electron chi connectivity index (χ4n) is 3.29. The first-order chi connectivity index (χ1) is 12.7. The molecule has 6 nitrogen and oxygen atoms in total. The second kappa shape index (κ2) is 10.9. The van der Waals surface area contributed by atoms with Gasteiger partial charge in [-0.15, -0.1) is 0 Å². The number of hydrogen-bond donors (Lipinski definition) is 2. The highest BCUT2D eigenvalue weighted by Gasteiger charge is 2.19. The van der Waals surface area contributed by atoms with Gasteiger partial charge in [-0.1, -0.05) is 13.0 Å². The van der Waals surface area contributed by atoms with Crippen LogP contribution in [0.1, 0.15) is 38.7 Å². The molecule has 1 aliphatic heterocycles. The van der Waals surface area contributed by atoms with Crippen molar-refractivity contribution in [1.82, 2.24) is 15.5 Å². The first-order valence-electron chi connectivity index (χ1n) is 9.69. The third kappa shape index (κ3) is 6.09. The topological polar surface area (TPSA) is 58.1 Å². The Hall–Kier alpha value is -1.95.